The molecule has 0 saturated carbocycles. The van der Waals surface area contributed by atoms with E-state index in [9.17, 15) is 4.79 Å². The van der Waals surface area contributed by atoms with Crippen LogP contribution >= 0.6 is 23.4 Å². The predicted octanol–water partition coefficient (Wildman–Crippen LogP) is 4.98. The third-order valence-electron chi connectivity index (χ3n) is 4.40. The number of carbonyl (C=O) groups excluding carboxylic acids is 1. The number of nitrogens with zero attached hydrogens (tertiary/aromatic N) is 3. The molecular weight excluding hydrogens is 392 g/mol. The van der Waals surface area contributed by atoms with Crippen LogP contribution in [0.3, 0.4) is 0 Å². The number of aryl methyl sites for hydroxylation is 1. The fraction of sp³-hybridized carbons (Fsp3) is 0.286. The van der Waals surface area contributed by atoms with Crippen molar-refractivity contribution < 1.29 is 4.79 Å². The van der Waals surface area contributed by atoms with E-state index in [1.54, 1.807) is 6.33 Å². The first kappa shape index (κ1) is 20.4. The molecule has 146 valence electrons. The van der Waals surface area contributed by atoms with Crippen LogP contribution in [0.25, 0.3) is 5.69 Å². The van der Waals surface area contributed by atoms with Crippen LogP contribution < -0.4 is 5.32 Å². The zero-order chi connectivity index (χ0) is 19.9. The number of thioether (sulfide) groups is 1. The van der Waals surface area contributed by atoms with E-state index >= 15 is 0 Å². The molecule has 1 aromatic heterocycles. The van der Waals surface area contributed by atoms with Crippen LogP contribution in [0.15, 0.2) is 60.0 Å². The van der Waals surface area contributed by atoms with Gasteiger partial charge in [-0.1, -0.05) is 73.1 Å². The van der Waals surface area contributed by atoms with Crippen molar-refractivity contribution in [1.82, 2.24) is 20.1 Å². The van der Waals surface area contributed by atoms with Gasteiger partial charge in [0.25, 0.3) is 0 Å². The van der Waals surface area contributed by atoms with E-state index in [0.29, 0.717) is 10.2 Å². The van der Waals surface area contributed by atoms with Crippen LogP contribution in [0.2, 0.25) is 5.02 Å². The first-order valence-corrected chi connectivity index (χ1v) is 10.6. The van der Waals surface area contributed by atoms with Crippen LogP contribution in [-0.4, -0.2) is 26.4 Å². The van der Waals surface area contributed by atoms with Crippen molar-refractivity contribution in [3.05, 3.63) is 71.0 Å². The van der Waals surface area contributed by atoms with Crippen LogP contribution in [0, 0.1) is 6.92 Å². The van der Waals surface area contributed by atoms with Crippen LogP contribution in [0.4, 0.5) is 0 Å². The molecule has 2 aromatic carbocycles. The SMILES string of the molecule is CCC[C@H](NC(=O)CSc1nncn1-c1ccc(C)c(Cl)c1)c1ccccc1. The molecule has 1 atom stereocenters. The number of hydrogen-bond donors (Lipinski definition) is 1. The molecule has 28 heavy (non-hydrogen) atoms. The number of aromatic nitrogens is 3. The summed E-state index contributed by atoms with van der Waals surface area (Å²) in [6.45, 7) is 4.07. The minimum absolute atomic E-state index is 0.0214. The van der Waals surface area contributed by atoms with Gasteiger partial charge in [-0.2, -0.15) is 0 Å². The normalized spacial score (nSPS) is 12.0. The summed E-state index contributed by atoms with van der Waals surface area (Å²) >= 11 is 7.59. The van der Waals surface area contributed by atoms with Crippen LogP contribution in [-0.2, 0) is 4.79 Å². The Balaban J connectivity index is 1.65. The summed E-state index contributed by atoms with van der Waals surface area (Å²) in [5.41, 5.74) is 3.01. The maximum absolute atomic E-state index is 12.5. The molecule has 1 heterocycles. The fourth-order valence-electron chi connectivity index (χ4n) is 2.89. The highest BCUT2D eigenvalue weighted by Gasteiger charge is 2.15. The molecule has 0 radical (unpaired) electrons. The molecule has 3 aromatic rings. The van der Waals surface area contributed by atoms with Crippen molar-refractivity contribution in [1.29, 1.82) is 0 Å². The Bertz CT molecular complexity index is 929. The Kier molecular flexibility index (Phi) is 7.12. The highest BCUT2D eigenvalue weighted by Crippen LogP contribution is 2.24. The van der Waals surface area contributed by atoms with Gasteiger partial charge in [0.1, 0.15) is 6.33 Å². The predicted molar refractivity (Wildman–Crippen MR) is 114 cm³/mol. The second kappa shape index (κ2) is 9.75. The molecule has 0 aliphatic carbocycles. The molecule has 0 aliphatic rings. The summed E-state index contributed by atoms with van der Waals surface area (Å²) in [5, 5.41) is 12.6. The number of rotatable bonds is 8. The Hall–Kier alpha value is -2.31. The van der Waals surface area contributed by atoms with E-state index in [4.69, 9.17) is 11.6 Å². The number of carbonyl (C=O) groups is 1. The second-order valence-corrected chi connectivity index (χ2v) is 7.87. The van der Waals surface area contributed by atoms with Crippen LogP contribution in [0.5, 0.6) is 0 Å². The lowest BCUT2D eigenvalue weighted by Crippen LogP contribution is -2.30. The molecule has 5 nitrogen and oxygen atoms in total. The van der Waals surface area contributed by atoms with E-state index in [0.717, 1.165) is 29.7 Å². The topological polar surface area (TPSA) is 59.8 Å². The van der Waals surface area contributed by atoms with Crippen molar-refractivity contribution in [2.45, 2.75) is 37.9 Å². The Labute approximate surface area is 174 Å². The Morgan fingerprint density at radius 3 is 2.75 bits per heavy atom. The number of amides is 1. The highest BCUT2D eigenvalue weighted by molar-refractivity contribution is 7.99. The first-order valence-electron chi connectivity index (χ1n) is 9.22. The number of halogens is 1. The van der Waals surface area contributed by atoms with Gasteiger partial charge in [-0.25, -0.2) is 0 Å². The van der Waals surface area contributed by atoms with Crippen molar-refractivity contribution in [2.75, 3.05) is 5.75 Å². The minimum atomic E-state index is -0.0243. The lowest BCUT2D eigenvalue weighted by Gasteiger charge is -2.18. The van der Waals surface area contributed by atoms with E-state index < -0.39 is 0 Å². The standard InChI is InChI=1S/C21H23ClN4OS/c1-3-7-19(16-8-5-4-6-9-16)24-20(27)13-28-21-25-23-14-26(21)17-11-10-15(2)18(22)12-17/h4-6,8-12,14,19H,3,7,13H2,1-2H3,(H,24,27)/t19-/m0/s1. The summed E-state index contributed by atoms with van der Waals surface area (Å²) in [4.78, 5) is 12.5. The van der Waals surface area contributed by atoms with Crippen LogP contribution in [0.1, 0.15) is 36.9 Å². The monoisotopic (exact) mass is 414 g/mol. The van der Waals surface area contributed by atoms with Crippen molar-refractivity contribution in [2.24, 2.45) is 0 Å². The second-order valence-electron chi connectivity index (χ2n) is 6.53. The first-order chi connectivity index (χ1) is 13.6. The molecule has 0 fully saturated rings. The third-order valence-corrected chi connectivity index (χ3v) is 5.75. The van der Waals surface area contributed by atoms with E-state index in [2.05, 4.69) is 22.4 Å². The Morgan fingerprint density at radius 2 is 2.04 bits per heavy atom. The molecule has 0 unspecified atom stereocenters. The van der Waals surface area contributed by atoms with Gasteiger partial charge in [0.05, 0.1) is 17.5 Å². The minimum Gasteiger partial charge on any atom is -0.349 e. The Morgan fingerprint density at radius 1 is 1.25 bits per heavy atom. The average Bonchev–Trinajstić information content (AvgIpc) is 3.17. The van der Waals surface area contributed by atoms with Gasteiger partial charge < -0.3 is 5.32 Å². The van der Waals surface area contributed by atoms with Gasteiger partial charge in [0.2, 0.25) is 5.91 Å². The average molecular weight is 415 g/mol. The number of hydrogen-bond acceptors (Lipinski definition) is 4. The van der Waals surface area contributed by atoms with E-state index in [1.165, 1.54) is 11.8 Å². The molecule has 3 rings (SSSR count). The lowest BCUT2D eigenvalue weighted by atomic mass is 10.0. The molecule has 0 bridgehead atoms. The highest BCUT2D eigenvalue weighted by atomic mass is 35.5. The molecule has 0 saturated heterocycles. The summed E-state index contributed by atoms with van der Waals surface area (Å²) in [7, 11) is 0. The largest absolute Gasteiger partial charge is 0.349 e. The molecule has 7 heteroatoms. The number of nitrogens with one attached hydrogen (secondary N) is 1. The zero-order valence-corrected chi connectivity index (χ0v) is 17.5. The fourth-order valence-corrected chi connectivity index (χ4v) is 3.81. The number of benzene rings is 2. The van der Waals surface area contributed by atoms with E-state index in [-0.39, 0.29) is 17.7 Å². The van der Waals surface area contributed by atoms with Gasteiger partial charge in [0.15, 0.2) is 5.16 Å². The summed E-state index contributed by atoms with van der Waals surface area (Å²) < 4.78 is 1.84. The van der Waals surface area contributed by atoms with Gasteiger partial charge in [-0.05, 0) is 36.6 Å². The molecular formula is C21H23ClN4OS. The maximum Gasteiger partial charge on any atom is 0.230 e. The van der Waals surface area contributed by atoms with Gasteiger partial charge in [0, 0.05) is 5.02 Å². The van der Waals surface area contributed by atoms with Gasteiger partial charge >= 0.3 is 0 Å². The molecule has 1 N–H and O–H groups in total. The third kappa shape index (κ3) is 5.14. The molecule has 0 spiro atoms. The smallest absolute Gasteiger partial charge is 0.230 e. The molecule has 1 amide bonds. The van der Waals surface area contributed by atoms with Crippen molar-refractivity contribution >= 4 is 29.3 Å². The maximum atomic E-state index is 12.5. The van der Waals surface area contributed by atoms with E-state index in [1.807, 2.05) is 60.0 Å². The lowest BCUT2D eigenvalue weighted by molar-refractivity contribution is -0.119. The van der Waals surface area contributed by atoms with Crippen molar-refractivity contribution in [3.63, 3.8) is 0 Å². The van der Waals surface area contributed by atoms with Gasteiger partial charge in [-0.15, -0.1) is 10.2 Å². The molecule has 0 aliphatic heterocycles. The summed E-state index contributed by atoms with van der Waals surface area (Å²) in [5.74, 6) is 0.245. The summed E-state index contributed by atoms with van der Waals surface area (Å²) in [6.07, 6.45) is 3.53. The van der Waals surface area contributed by atoms with Gasteiger partial charge in [-0.3, -0.25) is 9.36 Å². The summed E-state index contributed by atoms with van der Waals surface area (Å²) in [6, 6.07) is 15.9. The van der Waals surface area contributed by atoms with Crippen molar-refractivity contribution in [3.8, 4) is 5.69 Å². The quantitative estimate of drug-likeness (QED) is 0.528. The zero-order valence-electron chi connectivity index (χ0n) is 15.9.